The monoisotopic (exact) mass is 284 g/mol. The normalized spacial score (nSPS) is 19.0. The third-order valence-corrected chi connectivity index (χ3v) is 4.04. The Kier molecular flexibility index (Phi) is 3.64. The number of hydrogen-bond donors (Lipinski definition) is 1. The van der Waals surface area contributed by atoms with Crippen LogP contribution in [-0.4, -0.2) is 22.5 Å². The Morgan fingerprint density at radius 2 is 1.95 bits per heavy atom. The lowest BCUT2D eigenvalue weighted by molar-refractivity contribution is -0.124. The first-order chi connectivity index (χ1) is 10.2. The van der Waals surface area contributed by atoms with Crippen LogP contribution in [0.4, 0.5) is 0 Å². The van der Waals surface area contributed by atoms with Crippen LogP contribution in [0.15, 0.2) is 24.4 Å². The van der Waals surface area contributed by atoms with Gasteiger partial charge in [0, 0.05) is 18.2 Å². The summed E-state index contributed by atoms with van der Waals surface area (Å²) in [5.41, 5.74) is 0.973. The lowest BCUT2D eigenvalue weighted by Gasteiger charge is -2.22. The summed E-state index contributed by atoms with van der Waals surface area (Å²) in [7, 11) is 0. The maximum atomic E-state index is 12.3. The van der Waals surface area contributed by atoms with Gasteiger partial charge in [-0.2, -0.15) is 0 Å². The average Bonchev–Trinajstić information content (AvgIpc) is 2.53. The number of rotatable bonds is 2. The molecule has 2 aliphatic rings. The molecule has 1 heterocycles. The molecule has 0 bridgehead atoms. The van der Waals surface area contributed by atoms with Gasteiger partial charge in [-0.15, -0.1) is 0 Å². The van der Waals surface area contributed by atoms with E-state index in [1.165, 1.54) is 12.5 Å². The zero-order valence-corrected chi connectivity index (χ0v) is 11.6. The van der Waals surface area contributed by atoms with Crippen LogP contribution in [0.3, 0.4) is 0 Å². The van der Waals surface area contributed by atoms with Gasteiger partial charge in [0.2, 0.25) is 17.5 Å². The second-order valence-corrected chi connectivity index (χ2v) is 5.48. The molecule has 3 rings (SSSR count). The lowest BCUT2D eigenvalue weighted by atomic mass is 9.88. The number of pyridine rings is 1. The minimum atomic E-state index is -0.616. The molecular weight excluding hydrogens is 268 g/mol. The summed E-state index contributed by atoms with van der Waals surface area (Å²) < 4.78 is 0. The van der Waals surface area contributed by atoms with Crippen molar-refractivity contribution in [2.24, 2.45) is 5.92 Å². The molecule has 21 heavy (non-hydrogen) atoms. The van der Waals surface area contributed by atoms with E-state index in [0.717, 1.165) is 25.7 Å². The van der Waals surface area contributed by atoms with E-state index in [9.17, 15) is 14.4 Å². The Morgan fingerprint density at radius 1 is 1.19 bits per heavy atom. The van der Waals surface area contributed by atoms with Crippen LogP contribution in [0.5, 0.6) is 0 Å². The maximum Gasteiger partial charge on any atom is 0.235 e. The molecule has 1 aromatic rings. The number of Topliss-reactive ketones (excluding diaryl/α,β-unsaturated/α-hetero) is 1. The Labute approximate surface area is 122 Å². The summed E-state index contributed by atoms with van der Waals surface area (Å²) in [6, 6.07) is 3.16. The maximum absolute atomic E-state index is 12.3. The Hall–Kier alpha value is -2.30. The first kappa shape index (κ1) is 13.7. The number of nitrogens with one attached hydrogen (secondary N) is 1. The molecule has 5 heteroatoms. The van der Waals surface area contributed by atoms with E-state index in [0.29, 0.717) is 11.4 Å². The highest BCUT2D eigenvalue weighted by molar-refractivity contribution is 6.50. The summed E-state index contributed by atoms with van der Waals surface area (Å²) in [5.74, 6) is -1.29. The molecule has 1 fully saturated rings. The van der Waals surface area contributed by atoms with Crippen molar-refractivity contribution in [2.45, 2.75) is 32.1 Å². The van der Waals surface area contributed by atoms with Crippen LogP contribution in [0.1, 0.15) is 48.2 Å². The van der Waals surface area contributed by atoms with E-state index in [-0.39, 0.29) is 17.4 Å². The van der Waals surface area contributed by atoms with E-state index in [2.05, 4.69) is 10.3 Å². The zero-order chi connectivity index (χ0) is 14.8. The largest absolute Gasteiger partial charge is 0.324 e. The molecule has 1 saturated carbocycles. The summed E-state index contributed by atoms with van der Waals surface area (Å²) in [4.78, 5) is 39.9. The topological polar surface area (TPSA) is 76.1 Å². The molecule has 0 atom stereocenters. The van der Waals surface area contributed by atoms with Crippen LogP contribution < -0.4 is 5.32 Å². The molecule has 2 aliphatic carbocycles. The summed E-state index contributed by atoms with van der Waals surface area (Å²) in [5, 5.41) is 2.78. The molecule has 0 saturated heterocycles. The standard InChI is InChI=1S/C16H16N2O3/c19-13-9-12(14-11(15(13)20)7-4-8-17-14)18-16(21)10-5-2-1-3-6-10/h4,7-10H,1-3,5-6H2,(H,18,21). The molecule has 1 amide bonds. The predicted octanol–water partition coefficient (Wildman–Crippen LogP) is 1.88. The SMILES string of the molecule is O=C1C=C(NC(=O)C2CCCCC2)c2ncccc2C1=O. The summed E-state index contributed by atoms with van der Waals surface area (Å²) in [6.07, 6.45) is 7.76. The number of ketones is 2. The third kappa shape index (κ3) is 2.63. The smallest absolute Gasteiger partial charge is 0.235 e. The van der Waals surface area contributed by atoms with E-state index >= 15 is 0 Å². The first-order valence-corrected chi connectivity index (χ1v) is 7.23. The van der Waals surface area contributed by atoms with Crippen molar-refractivity contribution >= 4 is 23.2 Å². The number of amides is 1. The Morgan fingerprint density at radius 3 is 2.71 bits per heavy atom. The molecule has 0 spiro atoms. The second kappa shape index (κ2) is 5.60. The van der Waals surface area contributed by atoms with Crippen LogP contribution >= 0.6 is 0 Å². The van der Waals surface area contributed by atoms with E-state index in [1.54, 1.807) is 18.3 Å². The molecule has 5 nitrogen and oxygen atoms in total. The van der Waals surface area contributed by atoms with E-state index in [4.69, 9.17) is 0 Å². The van der Waals surface area contributed by atoms with Gasteiger partial charge in [0.15, 0.2) is 0 Å². The van der Waals surface area contributed by atoms with Crippen LogP contribution in [-0.2, 0) is 9.59 Å². The zero-order valence-electron chi connectivity index (χ0n) is 11.6. The highest BCUT2D eigenvalue weighted by Gasteiger charge is 2.29. The van der Waals surface area contributed by atoms with Crippen LogP contribution in [0.25, 0.3) is 5.70 Å². The van der Waals surface area contributed by atoms with Crippen molar-refractivity contribution < 1.29 is 14.4 Å². The van der Waals surface area contributed by atoms with Gasteiger partial charge in [-0.05, 0) is 25.0 Å². The van der Waals surface area contributed by atoms with Gasteiger partial charge in [-0.1, -0.05) is 19.3 Å². The highest BCUT2D eigenvalue weighted by atomic mass is 16.2. The Balaban J connectivity index is 1.84. The summed E-state index contributed by atoms with van der Waals surface area (Å²) >= 11 is 0. The van der Waals surface area contributed by atoms with Crippen molar-refractivity contribution in [3.63, 3.8) is 0 Å². The van der Waals surface area contributed by atoms with Crippen LogP contribution in [0, 0.1) is 5.92 Å². The van der Waals surface area contributed by atoms with Crippen molar-refractivity contribution in [2.75, 3.05) is 0 Å². The Bertz CT molecular complexity index is 643. The fraction of sp³-hybridized carbons (Fsp3) is 0.375. The van der Waals surface area contributed by atoms with E-state index in [1.807, 2.05) is 0 Å². The third-order valence-electron chi connectivity index (χ3n) is 4.04. The average molecular weight is 284 g/mol. The van der Waals surface area contributed by atoms with E-state index < -0.39 is 11.6 Å². The van der Waals surface area contributed by atoms with Gasteiger partial charge >= 0.3 is 0 Å². The highest BCUT2D eigenvalue weighted by Crippen LogP contribution is 2.26. The molecule has 0 radical (unpaired) electrons. The van der Waals surface area contributed by atoms with Crippen molar-refractivity contribution in [1.82, 2.24) is 10.3 Å². The van der Waals surface area contributed by atoms with Gasteiger partial charge in [0.25, 0.3) is 0 Å². The summed E-state index contributed by atoms with van der Waals surface area (Å²) in [6.45, 7) is 0. The minimum absolute atomic E-state index is 0.0143. The molecule has 1 aromatic heterocycles. The molecule has 0 aliphatic heterocycles. The second-order valence-electron chi connectivity index (χ2n) is 5.48. The number of carbonyl (C=O) groups excluding carboxylic acids is 3. The fourth-order valence-corrected chi connectivity index (χ4v) is 2.90. The van der Waals surface area contributed by atoms with Crippen molar-refractivity contribution in [1.29, 1.82) is 0 Å². The fourth-order valence-electron chi connectivity index (χ4n) is 2.90. The number of aromatic nitrogens is 1. The molecular formula is C16H16N2O3. The van der Waals surface area contributed by atoms with Crippen molar-refractivity contribution in [3.8, 4) is 0 Å². The van der Waals surface area contributed by atoms with Crippen molar-refractivity contribution in [3.05, 3.63) is 35.7 Å². The van der Waals surface area contributed by atoms with Gasteiger partial charge in [-0.3, -0.25) is 19.4 Å². The number of allylic oxidation sites excluding steroid dienone is 1. The van der Waals surface area contributed by atoms with Gasteiger partial charge in [0.05, 0.1) is 17.0 Å². The minimum Gasteiger partial charge on any atom is -0.324 e. The predicted molar refractivity (Wildman–Crippen MR) is 76.3 cm³/mol. The lowest BCUT2D eigenvalue weighted by Crippen LogP contribution is -2.34. The number of carbonyl (C=O) groups is 3. The molecule has 0 unspecified atom stereocenters. The molecule has 1 N–H and O–H groups in total. The molecule has 0 aromatic carbocycles. The van der Waals surface area contributed by atoms with Crippen LogP contribution in [0.2, 0.25) is 0 Å². The van der Waals surface area contributed by atoms with Gasteiger partial charge in [-0.25, -0.2) is 0 Å². The number of fused-ring (bicyclic) bond motifs is 1. The molecule has 108 valence electrons. The van der Waals surface area contributed by atoms with Gasteiger partial charge in [0.1, 0.15) is 0 Å². The van der Waals surface area contributed by atoms with Gasteiger partial charge < -0.3 is 5.32 Å². The number of nitrogens with zero attached hydrogens (tertiary/aromatic N) is 1. The number of hydrogen-bond acceptors (Lipinski definition) is 4. The quantitative estimate of drug-likeness (QED) is 0.841. The first-order valence-electron chi connectivity index (χ1n) is 7.23.